The Bertz CT molecular complexity index is 1950. The number of phosphoric ester groups is 2. The van der Waals surface area contributed by atoms with Gasteiger partial charge in [-0.2, -0.15) is 0 Å². The van der Waals surface area contributed by atoms with Crippen molar-refractivity contribution in [1.29, 1.82) is 0 Å². The normalized spacial score (nSPS) is 14.1. The van der Waals surface area contributed by atoms with Crippen molar-refractivity contribution in [1.82, 2.24) is 0 Å². The van der Waals surface area contributed by atoms with Crippen molar-refractivity contribution < 1.29 is 80.2 Å². The molecule has 0 radical (unpaired) electrons. The molecule has 0 heterocycles. The van der Waals surface area contributed by atoms with Crippen LogP contribution in [0.5, 0.6) is 0 Å². The van der Waals surface area contributed by atoms with Crippen molar-refractivity contribution in [3.05, 3.63) is 0 Å². The molecule has 0 saturated carbocycles. The molecule has 606 valence electrons. The van der Waals surface area contributed by atoms with Gasteiger partial charge in [-0.3, -0.25) is 37.3 Å². The van der Waals surface area contributed by atoms with E-state index in [9.17, 15) is 43.2 Å². The summed E-state index contributed by atoms with van der Waals surface area (Å²) >= 11 is 0. The molecule has 6 atom stereocenters. The molecule has 0 spiro atoms. The van der Waals surface area contributed by atoms with Gasteiger partial charge < -0.3 is 33.8 Å². The number of carbonyl (C=O) groups excluding carboxylic acids is 4. The van der Waals surface area contributed by atoms with Crippen LogP contribution in [0.4, 0.5) is 0 Å². The molecule has 0 amide bonds. The minimum Gasteiger partial charge on any atom is -0.462 e. The number of phosphoric acid groups is 2. The number of esters is 4. The highest BCUT2D eigenvalue weighted by Crippen LogP contribution is 2.45. The standard InChI is InChI=1S/C83H162O17P2/c1-6-10-13-16-19-22-25-28-30-32-34-36-39-42-48-53-58-63-68-82(87)99-78(72-94-81(86)67-62-57-52-47-41-38-35-33-31-29-26-23-20-17-14-11-7-2)74-97-101(89,90)95-70-77(84)71-96-102(91,92)98-75-79(73-93-80(85)66-61-56-51-46-40-37-27-24-21-18-15-12-8-3)100-83(88)69-64-59-54-49-44-43-45-50-55-60-65-76(5)9-4/h76-79,84H,6-75H2,1-5H3,(H,89,90)(H,91,92)/t76?,77-,78-,79-/m1/s1. The lowest BCUT2D eigenvalue weighted by Crippen LogP contribution is -2.30. The summed E-state index contributed by atoms with van der Waals surface area (Å²) in [6.07, 6.45) is 67.8. The van der Waals surface area contributed by atoms with Gasteiger partial charge in [0.15, 0.2) is 12.2 Å². The first-order valence-corrected chi connectivity index (χ1v) is 46.2. The third-order valence-electron chi connectivity index (χ3n) is 19.9. The summed E-state index contributed by atoms with van der Waals surface area (Å²) in [7, 11) is -9.92. The summed E-state index contributed by atoms with van der Waals surface area (Å²) in [5.41, 5.74) is 0. The fourth-order valence-corrected chi connectivity index (χ4v) is 14.5. The first-order chi connectivity index (χ1) is 49.6. The molecule has 3 unspecified atom stereocenters. The highest BCUT2D eigenvalue weighted by molar-refractivity contribution is 7.47. The Morgan fingerprint density at radius 2 is 0.471 bits per heavy atom. The van der Waals surface area contributed by atoms with Gasteiger partial charge in [0, 0.05) is 25.7 Å². The van der Waals surface area contributed by atoms with E-state index in [0.29, 0.717) is 25.7 Å². The lowest BCUT2D eigenvalue weighted by Gasteiger charge is -2.21. The maximum atomic E-state index is 13.1. The van der Waals surface area contributed by atoms with Gasteiger partial charge in [0.25, 0.3) is 0 Å². The van der Waals surface area contributed by atoms with Crippen molar-refractivity contribution >= 4 is 39.5 Å². The van der Waals surface area contributed by atoms with E-state index in [1.807, 2.05) is 0 Å². The third kappa shape index (κ3) is 74.9. The van der Waals surface area contributed by atoms with Crippen LogP contribution in [0.1, 0.15) is 446 Å². The zero-order valence-corrected chi connectivity index (χ0v) is 68.5. The summed E-state index contributed by atoms with van der Waals surface area (Å²) in [6.45, 7) is 7.38. The lowest BCUT2D eigenvalue weighted by atomic mass is 9.99. The van der Waals surface area contributed by atoms with E-state index in [2.05, 4.69) is 34.6 Å². The van der Waals surface area contributed by atoms with Crippen molar-refractivity contribution in [3.63, 3.8) is 0 Å². The minimum absolute atomic E-state index is 0.107. The summed E-state index contributed by atoms with van der Waals surface area (Å²) in [5.74, 6) is -1.30. The molecule has 0 aliphatic carbocycles. The summed E-state index contributed by atoms with van der Waals surface area (Å²) in [6, 6.07) is 0. The van der Waals surface area contributed by atoms with E-state index in [4.69, 9.17) is 37.0 Å². The molecule has 0 aromatic heterocycles. The fraction of sp³-hybridized carbons (Fsp3) is 0.952. The number of ether oxygens (including phenoxy) is 4. The molecule has 0 bridgehead atoms. The van der Waals surface area contributed by atoms with E-state index in [1.54, 1.807) is 0 Å². The second kappa shape index (κ2) is 75.9. The zero-order chi connectivity index (χ0) is 74.8. The van der Waals surface area contributed by atoms with Gasteiger partial charge in [-0.1, -0.05) is 394 Å². The van der Waals surface area contributed by atoms with Gasteiger partial charge in [-0.15, -0.1) is 0 Å². The van der Waals surface area contributed by atoms with Crippen LogP contribution in [0.3, 0.4) is 0 Å². The van der Waals surface area contributed by atoms with E-state index in [-0.39, 0.29) is 25.7 Å². The number of rotatable bonds is 83. The Kier molecular flexibility index (Phi) is 74.4. The minimum atomic E-state index is -4.96. The lowest BCUT2D eigenvalue weighted by molar-refractivity contribution is -0.161. The topological polar surface area (TPSA) is 237 Å². The van der Waals surface area contributed by atoms with Crippen molar-refractivity contribution in [2.45, 2.75) is 464 Å². The van der Waals surface area contributed by atoms with Gasteiger partial charge in [0.1, 0.15) is 19.3 Å². The number of carbonyl (C=O) groups is 4. The van der Waals surface area contributed by atoms with Crippen LogP contribution in [-0.2, 0) is 65.4 Å². The highest BCUT2D eigenvalue weighted by Gasteiger charge is 2.30. The van der Waals surface area contributed by atoms with Gasteiger partial charge in [0.2, 0.25) is 0 Å². The Balaban J connectivity index is 5.26. The quantitative estimate of drug-likeness (QED) is 0.0222. The average Bonchev–Trinajstić information content (AvgIpc) is 0.935. The van der Waals surface area contributed by atoms with Gasteiger partial charge in [0.05, 0.1) is 26.4 Å². The first kappa shape index (κ1) is 100. The Morgan fingerprint density at radius 3 is 0.696 bits per heavy atom. The smallest absolute Gasteiger partial charge is 0.462 e. The second-order valence-corrected chi connectivity index (χ2v) is 33.0. The predicted molar refractivity (Wildman–Crippen MR) is 418 cm³/mol. The third-order valence-corrected chi connectivity index (χ3v) is 21.8. The molecule has 0 fully saturated rings. The average molecular weight is 1490 g/mol. The molecule has 0 aliphatic rings. The van der Waals surface area contributed by atoms with E-state index in [0.717, 1.165) is 95.8 Å². The first-order valence-electron chi connectivity index (χ1n) is 43.2. The Hall–Kier alpha value is -1.94. The number of unbranched alkanes of at least 4 members (excludes halogenated alkanes) is 54. The molecule has 0 aromatic rings. The van der Waals surface area contributed by atoms with Crippen molar-refractivity contribution in [2.75, 3.05) is 39.6 Å². The second-order valence-electron chi connectivity index (χ2n) is 30.1. The van der Waals surface area contributed by atoms with Crippen LogP contribution >= 0.6 is 15.6 Å². The molecule has 0 aromatic carbocycles. The molecule has 17 nitrogen and oxygen atoms in total. The van der Waals surface area contributed by atoms with Gasteiger partial charge in [-0.05, 0) is 31.6 Å². The van der Waals surface area contributed by atoms with Crippen molar-refractivity contribution in [3.8, 4) is 0 Å². The van der Waals surface area contributed by atoms with Crippen LogP contribution in [0, 0.1) is 5.92 Å². The SMILES string of the molecule is CCCCCCCCCCCCCCCCCCCCC(=O)O[C@H](COC(=O)CCCCCCCCCCCCCCCCCCC)COP(=O)(O)OC[C@@H](O)COP(=O)(O)OC[C@@H](COC(=O)CCCCCCCCCCCCCCC)OC(=O)CCCCCCCCCCCCC(C)CC. The highest BCUT2D eigenvalue weighted by atomic mass is 31.2. The molecular weight excluding hydrogens is 1330 g/mol. The van der Waals surface area contributed by atoms with Crippen molar-refractivity contribution in [2.24, 2.45) is 5.92 Å². The molecule has 102 heavy (non-hydrogen) atoms. The Morgan fingerprint density at radius 1 is 0.275 bits per heavy atom. The van der Waals surface area contributed by atoms with Gasteiger partial charge >= 0.3 is 39.5 Å². The number of aliphatic hydroxyl groups excluding tert-OH is 1. The predicted octanol–water partition coefficient (Wildman–Crippen LogP) is 25.2. The van der Waals surface area contributed by atoms with Crippen LogP contribution in [-0.4, -0.2) is 96.7 Å². The van der Waals surface area contributed by atoms with E-state index in [1.165, 1.54) is 270 Å². The van der Waals surface area contributed by atoms with E-state index < -0.39 is 97.5 Å². The monoisotopic (exact) mass is 1490 g/mol. The number of aliphatic hydroxyl groups is 1. The van der Waals surface area contributed by atoms with Crippen LogP contribution < -0.4 is 0 Å². The summed E-state index contributed by atoms with van der Waals surface area (Å²) in [4.78, 5) is 73.2. The number of hydrogen-bond donors (Lipinski definition) is 3. The summed E-state index contributed by atoms with van der Waals surface area (Å²) < 4.78 is 68.8. The van der Waals surface area contributed by atoms with Crippen LogP contribution in [0.25, 0.3) is 0 Å². The molecule has 0 aliphatic heterocycles. The van der Waals surface area contributed by atoms with Gasteiger partial charge in [-0.25, -0.2) is 9.13 Å². The molecule has 0 rings (SSSR count). The fourth-order valence-electron chi connectivity index (χ4n) is 12.9. The Labute approximate surface area is 626 Å². The molecule has 3 N–H and O–H groups in total. The van der Waals surface area contributed by atoms with Crippen LogP contribution in [0.15, 0.2) is 0 Å². The number of hydrogen-bond acceptors (Lipinski definition) is 15. The van der Waals surface area contributed by atoms with Crippen LogP contribution in [0.2, 0.25) is 0 Å². The molecular formula is C83H162O17P2. The molecule has 19 heteroatoms. The summed E-state index contributed by atoms with van der Waals surface area (Å²) in [5, 5.41) is 10.7. The maximum absolute atomic E-state index is 13.1. The molecule has 0 saturated heterocycles. The largest absolute Gasteiger partial charge is 0.472 e. The maximum Gasteiger partial charge on any atom is 0.472 e. The zero-order valence-electron chi connectivity index (χ0n) is 66.8. The van der Waals surface area contributed by atoms with E-state index >= 15 is 0 Å².